The number of halogens is 1. The van der Waals surface area contributed by atoms with Crippen molar-refractivity contribution in [2.24, 2.45) is 10.7 Å². The van der Waals surface area contributed by atoms with E-state index < -0.39 is 0 Å². The fraction of sp³-hybridized carbons (Fsp3) is 0.333. The van der Waals surface area contributed by atoms with Gasteiger partial charge in [-0.2, -0.15) is 0 Å². The van der Waals surface area contributed by atoms with Crippen molar-refractivity contribution in [1.82, 2.24) is 9.88 Å². The lowest BCUT2D eigenvalue weighted by atomic mass is 10.2. The van der Waals surface area contributed by atoms with Gasteiger partial charge in [0, 0.05) is 24.0 Å². The number of hydrogen-bond acceptors (Lipinski definition) is 4. The van der Waals surface area contributed by atoms with Crippen molar-refractivity contribution in [2.75, 3.05) is 26.3 Å². The second-order valence-electron chi connectivity index (χ2n) is 4.88. The SMILES string of the molecule is NC(=NCc1nc(-c2ccccc2F)cs1)N1CCOCC1. The highest BCUT2D eigenvalue weighted by Crippen LogP contribution is 2.24. The summed E-state index contributed by atoms with van der Waals surface area (Å²) in [4.78, 5) is 10.8. The normalized spacial score (nSPS) is 16.0. The van der Waals surface area contributed by atoms with E-state index >= 15 is 0 Å². The summed E-state index contributed by atoms with van der Waals surface area (Å²) in [6, 6.07) is 6.62. The van der Waals surface area contributed by atoms with E-state index in [9.17, 15) is 4.39 Å². The van der Waals surface area contributed by atoms with Crippen LogP contribution in [0.4, 0.5) is 4.39 Å². The minimum Gasteiger partial charge on any atom is -0.378 e. The molecule has 3 rings (SSSR count). The molecule has 0 amide bonds. The summed E-state index contributed by atoms with van der Waals surface area (Å²) in [7, 11) is 0. The third-order valence-electron chi connectivity index (χ3n) is 3.41. The largest absolute Gasteiger partial charge is 0.378 e. The molecule has 1 aliphatic rings. The summed E-state index contributed by atoms with van der Waals surface area (Å²) >= 11 is 1.46. The Morgan fingerprint density at radius 3 is 2.91 bits per heavy atom. The minimum absolute atomic E-state index is 0.268. The molecule has 2 N–H and O–H groups in total. The Morgan fingerprint density at radius 1 is 1.36 bits per heavy atom. The van der Waals surface area contributed by atoms with Crippen molar-refractivity contribution in [3.8, 4) is 11.3 Å². The van der Waals surface area contributed by atoms with Gasteiger partial charge in [0.2, 0.25) is 0 Å². The van der Waals surface area contributed by atoms with Crippen LogP contribution in [0.25, 0.3) is 11.3 Å². The fourth-order valence-electron chi connectivity index (χ4n) is 2.22. The van der Waals surface area contributed by atoms with Crippen LogP contribution in [0.2, 0.25) is 0 Å². The molecule has 1 aromatic carbocycles. The van der Waals surface area contributed by atoms with Gasteiger partial charge in [0.05, 0.1) is 25.5 Å². The first-order chi connectivity index (χ1) is 10.7. The molecule has 1 fully saturated rings. The fourth-order valence-corrected chi connectivity index (χ4v) is 2.93. The lowest BCUT2D eigenvalue weighted by molar-refractivity contribution is 0.0674. The van der Waals surface area contributed by atoms with E-state index in [2.05, 4.69) is 9.98 Å². The average molecular weight is 320 g/mol. The van der Waals surface area contributed by atoms with Gasteiger partial charge in [-0.05, 0) is 12.1 Å². The molecular weight excluding hydrogens is 303 g/mol. The van der Waals surface area contributed by atoms with Crippen LogP contribution in [0.15, 0.2) is 34.6 Å². The van der Waals surface area contributed by atoms with Crippen LogP contribution in [0.1, 0.15) is 5.01 Å². The first-order valence-corrected chi connectivity index (χ1v) is 7.94. The van der Waals surface area contributed by atoms with E-state index in [1.54, 1.807) is 18.2 Å². The Morgan fingerprint density at radius 2 is 2.14 bits per heavy atom. The number of nitrogens with two attached hydrogens (primary N) is 1. The molecule has 1 aliphatic heterocycles. The van der Waals surface area contributed by atoms with E-state index in [0.29, 0.717) is 37.0 Å². The van der Waals surface area contributed by atoms with Crippen molar-refractivity contribution >= 4 is 17.3 Å². The van der Waals surface area contributed by atoms with Gasteiger partial charge in [0.1, 0.15) is 10.8 Å². The van der Waals surface area contributed by atoms with E-state index in [0.717, 1.165) is 18.1 Å². The van der Waals surface area contributed by atoms with Gasteiger partial charge >= 0.3 is 0 Å². The average Bonchev–Trinajstić information content (AvgIpc) is 3.02. The molecule has 0 aliphatic carbocycles. The molecule has 22 heavy (non-hydrogen) atoms. The first-order valence-electron chi connectivity index (χ1n) is 7.06. The van der Waals surface area contributed by atoms with Crippen LogP contribution in [0, 0.1) is 5.82 Å². The standard InChI is InChI=1S/C15H17FN4OS/c16-12-4-2-1-3-11(12)13-10-22-14(19-13)9-18-15(17)20-5-7-21-8-6-20/h1-4,10H,5-9H2,(H2,17,18). The molecule has 0 bridgehead atoms. The molecule has 1 saturated heterocycles. The van der Waals surface area contributed by atoms with Crippen LogP contribution < -0.4 is 5.73 Å². The van der Waals surface area contributed by atoms with Gasteiger partial charge in [-0.3, -0.25) is 0 Å². The number of thiazole rings is 1. The Balaban J connectivity index is 1.68. The Hall–Kier alpha value is -1.99. The van der Waals surface area contributed by atoms with Gasteiger partial charge in [-0.1, -0.05) is 12.1 Å². The van der Waals surface area contributed by atoms with Gasteiger partial charge in [0.15, 0.2) is 5.96 Å². The number of hydrogen-bond donors (Lipinski definition) is 1. The Kier molecular flexibility index (Phi) is 4.65. The van der Waals surface area contributed by atoms with Gasteiger partial charge < -0.3 is 15.4 Å². The molecule has 0 unspecified atom stereocenters. The summed E-state index contributed by atoms with van der Waals surface area (Å²) in [6.45, 7) is 3.26. The molecule has 0 saturated carbocycles. The van der Waals surface area contributed by atoms with Crippen molar-refractivity contribution < 1.29 is 9.13 Å². The molecule has 2 aromatic rings. The zero-order valence-electron chi connectivity index (χ0n) is 12.0. The molecule has 0 atom stereocenters. The van der Waals surface area contributed by atoms with Crippen LogP contribution in [0.5, 0.6) is 0 Å². The van der Waals surface area contributed by atoms with Gasteiger partial charge in [-0.25, -0.2) is 14.4 Å². The number of benzene rings is 1. The maximum atomic E-state index is 13.7. The molecule has 2 heterocycles. The monoisotopic (exact) mass is 320 g/mol. The number of aliphatic imine (C=N–C) groups is 1. The maximum Gasteiger partial charge on any atom is 0.191 e. The Bertz CT molecular complexity index is 667. The zero-order valence-corrected chi connectivity index (χ0v) is 12.9. The van der Waals surface area contributed by atoms with Crippen molar-refractivity contribution in [1.29, 1.82) is 0 Å². The highest BCUT2D eigenvalue weighted by Gasteiger charge is 2.13. The maximum absolute atomic E-state index is 13.7. The molecule has 5 nitrogen and oxygen atoms in total. The third-order valence-corrected chi connectivity index (χ3v) is 4.25. The number of nitrogens with zero attached hydrogens (tertiary/aromatic N) is 3. The molecular formula is C15H17FN4OS. The summed E-state index contributed by atoms with van der Waals surface area (Å²) in [6.07, 6.45) is 0. The number of guanidine groups is 1. The highest BCUT2D eigenvalue weighted by atomic mass is 32.1. The highest BCUT2D eigenvalue weighted by molar-refractivity contribution is 7.09. The lowest BCUT2D eigenvalue weighted by Gasteiger charge is -2.27. The second-order valence-corrected chi connectivity index (χ2v) is 5.82. The minimum atomic E-state index is -0.268. The second kappa shape index (κ2) is 6.85. The molecule has 1 aromatic heterocycles. The van der Waals surface area contributed by atoms with Crippen LogP contribution in [-0.4, -0.2) is 42.1 Å². The predicted molar refractivity (Wildman–Crippen MR) is 85.2 cm³/mol. The lowest BCUT2D eigenvalue weighted by Crippen LogP contribution is -2.44. The summed E-state index contributed by atoms with van der Waals surface area (Å²) in [5, 5.41) is 2.66. The number of ether oxygens (including phenoxy) is 1. The van der Waals surface area contributed by atoms with Gasteiger partial charge in [0.25, 0.3) is 0 Å². The molecule has 116 valence electrons. The van der Waals surface area contributed by atoms with E-state index in [1.807, 2.05) is 10.3 Å². The summed E-state index contributed by atoms with van der Waals surface area (Å²) in [5.74, 6) is 0.238. The molecule has 7 heteroatoms. The number of aromatic nitrogens is 1. The predicted octanol–water partition coefficient (Wildman–Crippen LogP) is 2.10. The van der Waals surface area contributed by atoms with E-state index in [1.165, 1.54) is 17.4 Å². The first kappa shape index (κ1) is 14.9. The quantitative estimate of drug-likeness (QED) is 0.695. The van der Waals surface area contributed by atoms with Gasteiger partial charge in [-0.15, -0.1) is 11.3 Å². The van der Waals surface area contributed by atoms with Crippen LogP contribution in [0.3, 0.4) is 0 Å². The summed E-state index contributed by atoms with van der Waals surface area (Å²) < 4.78 is 19.0. The van der Waals surface area contributed by atoms with Crippen LogP contribution in [-0.2, 0) is 11.3 Å². The van der Waals surface area contributed by atoms with Crippen molar-refractivity contribution in [3.63, 3.8) is 0 Å². The van der Waals surface area contributed by atoms with Crippen LogP contribution >= 0.6 is 11.3 Å². The zero-order chi connectivity index (χ0) is 15.4. The topological polar surface area (TPSA) is 63.7 Å². The number of morpholine rings is 1. The number of rotatable bonds is 3. The molecule has 0 radical (unpaired) electrons. The smallest absolute Gasteiger partial charge is 0.191 e. The van der Waals surface area contributed by atoms with E-state index in [4.69, 9.17) is 10.5 Å². The summed E-state index contributed by atoms with van der Waals surface area (Å²) in [5.41, 5.74) is 7.12. The van der Waals surface area contributed by atoms with Crippen molar-refractivity contribution in [2.45, 2.75) is 6.54 Å². The third kappa shape index (κ3) is 3.42. The van der Waals surface area contributed by atoms with Crippen molar-refractivity contribution in [3.05, 3.63) is 40.5 Å². The molecule has 0 spiro atoms. The van der Waals surface area contributed by atoms with E-state index in [-0.39, 0.29) is 5.82 Å². The Labute approximate surface area is 132 Å².